The second-order valence-corrected chi connectivity index (χ2v) is 3.99. The van der Waals surface area contributed by atoms with E-state index in [-0.39, 0.29) is 11.4 Å². The third-order valence-corrected chi connectivity index (χ3v) is 2.70. The van der Waals surface area contributed by atoms with E-state index >= 15 is 0 Å². The summed E-state index contributed by atoms with van der Waals surface area (Å²) in [7, 11) is 0. The van der Waals surface area contributed by atoms with Gasteiger partial charge in [-0.1, -0.05) is 24.3 Å². The monoisotopic (exact) mass is 261 g/mol. The summed E-state index contributed by atoms with van der Waals surface area (Å²) in [6.07, 6.45) is -1.15. The van der Waals surface area contributed by atoms with Gasteiger partial charge >= 0.3 is 11.7 Å². The molecule has 0 aliphatic carbocycles. The van der Waals surface area contributed by atoms with Gasteiger partial charge in [-0.05, 0) is 24.4 Å². The minimum absolute atomic E-state index is 0.0430. The van der Waals surface area contributed by atoms with Crippen molar-refractivity contribution in [2.75, 3.05) is 0 Å². The highest BCUT2D eigenvalue weighted by atomic mass is 16.6. The van der Waals surface area contributed by atoms with Crippen LogP contribution in [0.5, 0.6) is 5.75 Å². The van der Waals surface area contributed by atoms with E-state index in [1.54, 1.807) is 30.3 Å². The molecule has 19 heavy (non-hydrogen) atoms. The number of hydrogen-bond donors (Lipinski definition) is 1. The molecule has 0 aromatic heterocycles. The van der Waals surface area contributed by atoms with Gasteiger partial charge in [0.2, 0.25) is 0 Å². The predicted octanol–water partition coefficient (Wildman–Crippen LogP) is 2.60. The van der Waals surface area contributed by atoms with Crippen molar-refractivity contribution < 1.29 is 19.6 Å². The van der Waals surface area contributed by atoms with Gasteiger partial charge in [-0.25, -0.2) is 4.79 Å². The van der Waals surface area contributed by atoms with E-state index in [9.17, 15) is 14.9 Å². The van der Waals surface area contributed by atoms with E-state index in [1.165, 1.54) is 13.0 Å². The summed E-state index contributed by atoms with van der Waals surface area (Å²) in [5.41, 5.74) is -0.216. The second kappa shape index (κ2) is 4.93. The molecular formula is C13H11NO5. The highest BCUT2D eigenvalue weighted by molar-refractivity contribution is 5.93. The maximum absolute atomic E-state index is 11.2. The van der Waals surface area contributed by atoms with Crippen LogP contribution in [0.3, 0.4) is 0 Å². The molecule has 1 N–H and O–H groups in total. The Morgan fingerprint density at radius 2 is 2.00 bits per heavy atom. The Hall–Kier alpha value is -2.63. The summed E-state index contributed by atoms with van der Waals surface area (Å²) in [6, 6.07) is 9.87. The lowest BCUT2D eigenvalue weighted by molar-refractivity contribution is -0.384. The molecule has 0 spiro atoms. The molecule has 2 rings (SSSR count). The maximum Gasteiger partial charge on any atom is 0.344 e. The van der Waals surface area contributed by atoms with Crippen LogP contribution < -0.4 is 4.74 Å². The van der Waals surface area contributed by atoms with Crippen molar-refractivity contribution in [3.63, 3.8) is 0 Å². The molecule has 0 aliphatic rings. The fourth-order valence-corrected chi connectivity index (χ4v) is 1.76. The quantitative estimate of drug-likeness (QED) is 0.674. The zero-order chi connectivity index (χ0) is 14.0. The van der Waals surface area contributed by atoms with Crippen molar-refractivity contribution in [1.82, 2.24) is 0 Å². The van der Waals surface area contributed by atoms with Gasteiger partial charge < -0.3 is 9.84 Å². The van der Waals surface area contributed by atoms with Gasteiger partial charge in [-0.3, -0.25) is 10.1 Å². The summed E-state index contributed by atoms with van der Waals surface area (Å²) in [6.45, 7) is 1.32. The molecule has 0 saturated carbocycles. The first-order valence-electron chi connectivity index (χ1n) is 5.56. The smallest absolute Gasteiger partial charge is 0.344 e. The fraction of sp³-hybridized carbons (Fsp3) is 0.154. The number of rotatable bonds is 4. The van der Waals surface area contributed by atoms with Gasteiger partial charge in [0.05, 0.1) is 10.3 Å². The van der Waals surface area contributed by atoms with E-state index in [0.29, 0.717) is 10.8 Å². The molecule has 0 aliphatic heterocycles. The van der Waals surface area contributed by atoms with Crippen LogP contribution >= 0.6 is 0 Å². The Bertz CT molecular complexity index is 653. The maximum atomic E-state index is 11.2. The van der Waals surface area contributed by atoms with Crippen LogP contribution in [0.1, 0.15) is 6.92 Å². The molecule has 0 saturated heterocycles. The molecule has 0 radical (unpaired) electrons. The number of nitro benzene ring substituents is 1. The molecule has 6 heteroatoms. The van der Waals surface area contributed by atoms with Crippen molar-refractivity contribution in [2.45, 2.75) is 13.0 Å². The molecule has 0 bridgehead atoms. The number of carboxylic acids is 1. The normalized spacial score (nSPS) is 12.1. The van der Waals surface area contributed by atoms with Crippen LogP contribution in [-0.2, 0) is 4.79 Å². The summed E-state index contributed by atoms with van der Waals surface area (Å²) >= 11 is 0. The number of carbonyl (C=O) groups is 1. The SMILES string of the molecule is C[C@@H](Oc1ccc2ccccc2c1[N+](=O)[O-])C(=O)O. The Morgan fingerprint density at radius 1 is 1.32 bits per heavy atom. The van der Waals surface area contributed by atoms with Gasteiger partial charge in [-0.15, -0.1) is 0 Å². The van der Waals surface area contributed by atoms with Crippen LogP contribution in [0.2, 0.25) is 0 Å². The lowest BCUT2D eigenvalue weighted by atomic mass is 10.1. The highest BCUT2D eigenvalue weighted by Crippen LogP contribution is 2.35. The van der Waals surface area contributed by atoms with Gasteiger partial charge in [-0.2, -0.15) is 0 Å². The van der Waals surface area contributed by atoms with E-state index in [1.807, 2.05) is 0 Å². The third kappa shape index (κ3) is 2.47. The predicted molar refractivity (Wildman–Crippen MR) is 68.3 cm³/mol. The zero-order valence-electron chi connectivity index (χ0n) is 10.1. The van der Waals surface area contributed by atoms with Crippen molar-refractivity contribution in [3.05, 3.63) is 46.5 Å². The fourth-order valence-electron chi connectivity index (χ4n) is 1.76. The first-order chi connectivity index (χ1) is 9.00. The van der Waals surface area contributed by atoms with Crippen LogP contribution in [-0.4, -0.2) is 22.1 Å². The van der Waals surface area contributed by atoms with Crippen LogP contribution in [0.15, 0.2) is 36.4 Å². The van der Waals surface area contributed by atoms with Crippen molar-refractivity contribution in [2.24, 2.45) is 0 Å². The Kier molecular flexibility index (Phi) is 3.33. The van der Waals surface area contributed by atoms with Crippen molar-refractivity contribution in [1.29, 1.82) is 0 Å². The minimum Gasteiger partial charge on any atom is -0.479 e. The van der Waals surface area contributed by atoms with E-state index in [0.717, 1.165) is 0 Å². The molecule has 6 nitrogen and oxygen atoms in total. The van der Waals surface area contributed by atoms with E-state index < -0.39 is 17.0 Å². The second-order valence-electron chi connectivity index (χ2n) is 3.99. The lowest BCUT2D eigenvalue weighted by Gasteiger charge is -2.11. The van der Waals surface area contributed by atoms with Crippen molar-refractivity contribution >= 4 is 22.4 Å². The first-order valence-corrected chi connectivity index (χ1v) is 5.56. The summed E-state index contributed by atoms with van der Waals surface area (Å²) in [5.74, 6) is -1.22. The molecule has 0 heterocycles. The summed E-state index contributed by atoms with van der Waals surface area (Å²) < 4.78 is 5.14. The number of carboxylic acid groups (broad SMARTS) is 1. The Morgan fingerprint density at radius 3 is 2.63 bits per heavy atom. The number of ether oxygens (including phenoxy) is 1. The van der Waals surface area contributed by atoms with Gasteiger partial charge in [0, 0.05) is 0 Å². The average molecular weight is 261 g/mol. The third-order valence-electron chi connectivity index (χ3n) is 2.70. The number of nitro groups is 1. The molecule has 98 valence electrons. The van der Waals surface area contributed by atoms with Crippen LogP contribution in [0.25, 0.3) is 10.8 Å². The summed E-state index contributed by atoms with van der Waals surface area (Å²) in [4.78, 5) is 21.4. The van der Waals surface area contributed by atoms with Gasteiger partial charge in [0.15, 0.2) is 11.9 Å². The Labute approximate surface area is 108 Å². The zero-order valence-corrected chi connectivity index (χ0v) is 10.1. The molecule has 0 amide bonds. The minimum atomic E-state index is -1.18. The van der Waals surface area contributed by atoms with Crippen LogP contribution in [0.4, 0.5) is 5.69 Å². The first kappa shape index (κ1) is 12.8. The lowest BCUT2D eigenvalue weighted by Crippen LogP contribution is -2.23. The van der Waals surface area contributed by atoms with E-state index in [2.05, 4.69) is 0 Å². The molecular weight excluding hydrogens is 250 g/mol. The molecule has 2 aromatic rings. The van der Waals surface area contributed by atoms with E-state index in [4.69, 9.17) is 9.84 Å². The van der Waals surface area contributed by atoms with Crippen molar-refractivity contribution in [3.8, 4) is 5.75 Å². The molecule has 2 aromatic carbocycles. The number of aliphatic carboxylic acids is 1. The standard InChI is InChI=1S/C13H11NO5/c1-8(13(15)16)19-11-7-6-9-4-2-3-5-10(9)12(11)14(17)18/h2-8H,1H3,(H,15,16)/t8-/m1/s1. The number of hydrogen-bond acceptors (Lipinski definition) is 4. The number of nitrogens with zero attached hydrogens (tertiary/aromatic N) is 1. The molecule has 1 atom stereocenters. The molecule has 0 unspecified atom stereocenters. The molecule has 0 fully saturated rings. The average Bonchev–Trinajstić information content (AvgIpc) is 2.37. The highest BCUT2D eigenvalue weighted by Gasteiger charge is 2.23. The van der Waals surface area contributed by atoms with Gasteiger partial charge in [0.1, 0.15) is 0 Å². The number of fused-ring (bicyclic) bond motifs is 1. The van der Waals surface area contributed by atoms with Crippen LogP contribution in [0, 0.1) is 10.1 Å². The Balaban J connectivity index is 2.58. The largest absolute Gasteiger partial charge is 0.479 e. The van der Waals surface area contributed by atoms with Gasteiger partial charge in [0.25, 0.3) is 0 Å². The topological polar surface area (TPSA) is 89.7 Å². The number of benzene rings is 2. The summed E-state index contributed by atoms with van der Waals surface area (Å²) in [5, 5.41) is 21.1.